The van der Waals surface area contributed by atoms with Crippen LogP contribution >= 0.6 is 11.6 Å². The maximum absolute atomic E-state index is 10.6. The molecule has 24 heavy (non-hydrogen) atoms. The van der Waals surface area contributed by atoms with Crippen molar-refractivity contribution < 1.29 is 5.11 Å². The smallest absolute Gasteiger partial charge is 0.152 e. The van der Waals surface area contributed by atoms with Gasteiger partial charge < -0.3 is 20.3 Å². The number of aromatic nitrogens is 2. The van der Waals surface area contributed by atoms with Crippen LogP contribution in [0, 0.1) is 6.92 Å². The number of likely N-dealkylation sites (tertiary alicyclic amines) is 1. The number of nitrogens with one attached hydrogen (secondary N) is 2. The molecule has 2 heterocycles. The molecule has 2 aromatic rings. The van der Waals surface area contributed by atoms with Crippen LogP contribution in [0.25, 0.3) is 11.4 Å². The maximum Gasteiger partial charge on any atom is 0.152 e. The van der Waals surface area contributed by atoms with Crippen LogP contribution in [0.2, 0.25) is 5.15 Å². The van der Waals surface area contributed by atoms with Crippen LogP contribution in [0.15, 0.2) is 24.3 Å². The van der Waals surface area contributed by atoms with Crippen molar-refractivity contribution in [3.63, 3.8) is 0 Å². The Morgan fingerprint density at radius 3 is 2.62 bits per heavy atom. The van der Waals surface area contributed by atoms with Crippen LogP contribution in [0.5, 0.6) is 0 Å². The fourth-order valence-electron chi connectivity index (χ4n) is 2.99. The lowest BCUT2D eigenvalue weighted by atomic mass is 9.91. The van der Waals surface area contributed by atoms with Crippen LogP contribution in [-0.4, -0.2) is 52.3 Å². The SMILES string of the molecule is Cc1ccc(-c2nc(Cl)c(CNCC3(O)CCN(C)CC3)[nH]2)cc1. The van der Waals surface area contributed by atoms with Gasteiger partial charge in [0.15, 0.2) is 5.15 Å². The minimum Gasteiger partial charge on any atom is -0.388 e. The number of benzene rings is 1. The second-order valence-corrected chi connectivity index (χ2v) is 7.21. The van der Waals surface area contributed by atoms with Crippen LogP contribution in [0.3, 0.4) is 0 Å². The fraction of sp³-hybridized carbons (Fsp3) is 0.500. The van der Waals surface area contributed by atoms with Gasteiger partial charge in [0.05, 0.1) is 11.3 Å². The lowest BCUT2D eigenvalue weighted by molar-refractivity contribution is -0.0145. The molecule has 0 radical (unpaired) electrons. The van der Waals surface area contributed by atoms with Crippen molar-refractivity contribution in [3.8, 4) is 11.4 Å². The number of hydrogen-bond acceptors (Lipinski definition) is 4. The molecule has 0 atom stereocenters. The molecule has 0 saturated carbocycles. The molecule has 130 valence electrons. The van der Waals surface area contributed by atoms with E-state index in [0.717, 1.165) is 43.0 Å². The first-order valence-electron chi connectivity index (χ1n) is 8.38. The number of piperidine rings is 1. The highest BCUT2D eigenvalue weighted by Crippen LogP contribution is 2.23. The molecule has 5 nitrogen and oxygen atoms in total. The summed E-state index contributed by atoms with van der Waals surface area (Å²) >= 11 is 6.25. The molecule has 1 aromatic heterocycles. The number of hydrogen-bond donors (Lipinski definition) is 3. The summed E-state index contributed by atoms with van der Waals surface area (Å²) < 4.78 is 0. The number of rotatable bonds is 5. The number of imidazole rings is 1. The summed E-state index contributed by atoms with van der Waals surface area (Å²) in [5.74, 6) is 0.773. The summed E-state index contributed by atoms with van der Waals surface area (Å²) in [6, 6.07) is 8.17. The molecule has 0 bridgehead atoms. The van der Waals surface area contributed by atoms with Gasteiger partial charge in [-0.15, -0.1) is 0 Å². The van der Waals surface area contributed by atoms with Crippen molar-refractivity contribution in [2.75, 3.05) is 26.7 Å². The predicted octanol–water partition coefficient (Wildman–Crippen LogP) is 2.58. The molecule has 1 aliphatic rings. The van der Waals surface area contributed by atoms with Crippen LogP contribution in [-0.2, 0) is 6.54 Å². The van der Waals surface area contributed by atoms with E-state index in [-0.39, 0.29) is 0 Å². The van der Waals surface area contributed by atoms with Gasteiger partial charge in [-0.2, -0.15) is 0 Å². The van der Waals surface area contributed by atoms with E-state index in [0.29, 0.717) is 18.2 Å². The van der Waals surface area contributed by atoms with E-state index < -0.39 is 5.60 Å². The predicted molar refractivity (Wildman–Crippen MR) is 97.2 cm³/mol. The van der Waals surface area contributed by atoms with Gasteiger partial charge in [0.1, 0.15) is 5.82 Å². The van der Waals surface area contributed by atoms with Crippen molar-refractivity contribution in [2.45, 2.75) is 31.9 Å². The standard InChI is InChI=1S/C18H25ClN4O/c1-13-3-5-14(6-4-13)17-21-15(16(19)22-17)11-20-12-18(24)7-9-23(2)10-8-18/h3-6,20,24H,7-12H2,1-2H3,(H,21,22). The minimum atomic E-state index is -0.626. The van der Waals surface area contributed by atoms with Gasteiger partial charge in [-0.05, 0) is 26.8 Å². The normalized spacial score (nSPS) is 18.0. The number of aromatic amines is 1. The Bertz CT molecular complexity index is 675. The van der Waals surface area contributed by atoms with Crippen molar-refractivity contribution in [3.05, 3.63) is 40.7 Å². The Hall–Kier alpha value is -1.40. The largest absolute Gasteiger partial charge is 0.388 e. The maximum atomic E-state index is 10.6. The minimum absolute atomic E-state index is 0.480. The van der Waals surface area contributed by atoms with Gasteiger partial charge in [0.25, 0.3) is 0 Å². The second kappa shape index (κ2) is 7.23. The number of aryl methyl sites for hydroxylation is 1. The monoisotopic (exact) mass is 348 g/mol. The molecule has 3 rings (SSSR count). The summed E-state index contributed by atoms with van der Waals surface area (Å²) in [5, 5.41) is 14.4. The van der Waals surface area contributed by atoms with E-state index in [1.165, 1.54) is 5.56 Å². The Kier molecular flexibility index (Phi) is 5.25. The lowest BCUT2D eigenvalue weighted by Crippen LogP contribution is -2.48. The number of aliphatic hydroxyl groups is 1. The van der Waals surface area contributed by atoms with E-state index in [4.69, 9.17) is 11.6 Å². The third-order valence-corrected chi connectivity index (χ3v) is 5.04. The summed E-state index contributed by atoms with van der Waals surface area (Å²) in [6.07, 6.45) is 1.59. The van der Waals surface area contributed by atoms with Crippen LogP contribution in [0.4, 0.5) is 0 Å². The molecule has 0 amide bonds. The zero-order valence-corrected chi connectivity index (χ0v) is 15.0. The summed E-state index contributed by atoms with van der Waals surface area (Å²) in [7, 11) is 2.09. The third kappa shape index (κ3) is 4.16. The Labute approximate surface area is 148 Å². The molecule has 1 aromatic carbocycles. The van der Waals surface area contributed by atoms with Gasteiger partial charge in [0, 0.05) is 31.7 Å². The first-order chi connectivity index (χ1) is 11.5. The van der Waals surface area contributed by atoms with E-state index in [9.17, 15) is 5.11 Å². The van der Waals surface area contributed by atoms with Crippen LogP contribution in [0.1, 0.15) is 24.1 Å². The summed E-state index contributed by atoms with van der Waals surface area (Å²) in [6.45, 7) is 5.05. The molecule has 3 N–H and O–H groups in total. The van der Waals surface area contributed by atoms with Gasteiger partial charge >= 0.3 is 0 Å². The zero-order chi connectivity index (χ0) is 17.2. The van der Waals surface area contributed by atoms with Gasteiger partial charge in [0.2, 0.25) is 0 Å². The highest BCUT2D eigenvalue weighted by atomic mass is 35.5. The Morgan fingerprint density at radius 2 is 1.96 bits per heavy atom. The highest BCUT2D eigenvalue weighted by molar-refractivity contribution is 6.30. The lowest BCUT2D eigenvalue weighted by Gasteiger charge is -2.36. The van der Waals surface area contributed by atoms with Crippen molar-refractivity contribution in [2.24, 2.45) is 0 Å². The topological polar surface area (TPSA) is 64.2 Å². The average molecular weight is 349 g/mol. The number of nitrogens with zero attached hydrogens (tertiary/aromatic N) is 2. The van der Waals surface area contributed by atoms with Gasteiger partial charge in [-0.25, -0.2) is 4.98 Å². The van der Waals surface area contributed by atoms with E-state index in [1.807, 2.05) is 12.1 Å². The molecule has 1 saturated heterocycles. The average Bonchev–Trinajstić information content (AvgIpc) is 2.92. The molecular weight excluding hydrogens is 324 g/mol. The Balaban J connectivity index is 1.59. The van der Waals surface area contributed by atoms with Gasteiger partial charge in [-0.3, -0.25) is 0 Å². The fourth-order valence-corrected chi connectivity index (χ4v) is 3.18. The van der Waals surface area contributed by atoms with Gasteiger partial charge in [-0.1, -0.05) is 41.4 Å². The van der Waals surface area contributed by atoms with E-state index >= 15 is 0 Å². The first kappa shape index (κ1) is 17.4. The van der Waals surface area contributed by atoms with Crippen molar-refractivity contribution in [1.29, 1.82) is 0 Å². The molecular formula is C18H25ClN4O. The second-order valence-electron chi connectivity index (χ2n) is 6.85. The van der Waals surface area contributed by atoms with Crippen LogP contribution < -0.4 is 5.32 Å². The Morgan fingerprint density at radius 1 is 1.29 bits per heavy atom. The zero-order valence-electron chi connectivity index (χ0n) is 14.3. The third-order valence-electron chi connectivity index (χ3n) is 4.73. The van der Waals surface area contributed by atoms with E-state index in [1.54, 1.807) is 0 Å². The molecule has 6 heteroatoms. The molecule has 1 fully saturated rings. The first-order valence-corrected chi connectivity index (χ1v) is 8.76. The molecule has 0 aliphatic carbocycles. The number of H-pyrrole nitrogens is 1. The molecule has 1 aliphatic heterocycles. The molecule has 0 spiro atoms. The summed E-state index contributed by atoms with van der Waals surface area (Å²) in [4.78, 5) is 9.93. The molecule has 0 unspecified atom stereocenters. The summed E-state index contributed by atoms with van der Waals surface area (Å²) in [5.41, 5.74) is 2.45. The number of halogens is 1. The highest BCUT2D eigenvalue weighted by Gasteiger charge is 2.30. The quantitative estimate of drug-likeness (QED) is 0.777. The van der Waals surface area contributed by atoms with Crippen molar-refractivity contribution in [1.82, 2.24) is 20.2 Å². The van der Waals surface area contributed by atoms with E-state index in [2.05, 4.69) is 46.3 Å². The van der Waals surface area contributed by atoms with Crippen molar-refractivity contribution >= 4 is 11.6 Å².